The molecule has 1 aliphatic rings. The number of aromatic amines is 1. The SMILES string of the molecule is CCc1nc(C(=O)N2CC(=O)NCC2C(=O)O)n[nH]1. The van der Waals surface area contributed by atoms with Gasteiger partial charge in [0.05, 0.1) is 0 Å². The van der Waals surface area contributed by atoms with Crippen molar-refractivity contribution >= 4 is 17.8 Å². The van der Waals surface area contributed by atoms with Crippen LogP contribution in [-0.4, -0.2) is 62.1 Å². The molecule has 102 valence electrons. The zero-order valence-electron chi connectivity index (χ0n) is 10.2. The molecule has 1 saturated heterocycles. The van der Waals surface area contributed by atoms with E-state index in [1.54, 1.807) is 0 Å². The molecule has 1 fully saturated rings. The van der Waals surface area contributed by atoms with E-state index in [0.717, 1.165) is 4.90 Å². The number of aliphatic carboxylic acids is 1. The third-order valence-corrected chi connectivity index (χ3v) is 2.79. The summed E-state index contributed by atoms with van der Waals surface area (Å²) in [4.78, 5) is 39.4. The molecule has 1 aromatic rings. The lowest BCUT2D eigenvalue weighted by atomic mass is 10.2. The predicted molar refractivity (Wildman–Crippen MR) is 61.2 cm³/mol. The highest BCUT2D eigenvalue weighted by atomic mass is 16.4. The molecular formula is C10H13N5O4. The Bertz CT molecular complexity index is 526. The quantitative estimate of drug-likeness (QED) is 0.604. The molecule has 0 radical (unpaired) electrons. The summed E-state index contributed by atoms with van der Waals surface area (Å²) >= 11 is 0. The number of hydrogen-bond acceptors (Lipinski definition) is 5. The van der Waals surface area contributed by atoms with E-state index in [1.165, 1.54) is 0 Å². The Morgan fingerprint density at radius 2 is 2.26 bits per heavy atom. The van der Waals surface area contributed by atoms with Crippen molar-refractivity contribution in [2.45, 2.75) is 19.4 Å². The summed E-state index contributed by atoms with van der Waals surface area (Å²) in [5, 5.41) is 17.8. The summed E-state index contributed by atoms with van der Waals surface area (Å²) in [5.41, 5.74) is 0. The number of nitrogens with one attached hydrogen (secondary N) is 2. The van der Waals surface area contributed by atoms with Crippen LogP contribution in [0.15, 0.2) is 0 Å². The van der Waals surface area contributed by atoms with Crippen LogP contribution in [0.2, 0.25) is 0 Å². The van der Waals surface area contributed by atoms with Crippen LogP contribution in [0.3, 0.4) is 0 Å². The minimum Gasteiger partial charge on any atom is -0.480 e. The van der Waals surface area contributed by atoms with E-state index in [1.807, 2.05) is 6.92 Å². The lowest BCUT2D eigenvalue weighted by Crippen LogP contribution is -2.59. The van der Waals surface area contributed by atoms with Crippen molar-refractivity contribution in [1.82, 2.24) is 25.4 Å². The first kappa shape index (κ1) is 13.0. The van der Waals surface area contributed by atoms with Gasteiger partial charge in [0.15, 0.2) is 0 Å². The average Bonchev–Trinajstić information content (AvgIpc) is 2.86. The van der Waals surface area contributed by atoms with Crippen LogP contribution < -0.4 is 5.32 Å². The van der Waals surface area contributed by atoms with Crippen molar-refractivity contribution in [2.75, 3.05) is 13.1 Å². The average molecular weight is 267 g/mol. The highest BCUT2D eigenvalue weighted by Crippen LogP contribution is 2.09. The van der Waals surface area contributed by atoms with Crippen LogP contribution in [0.5, 0.6) is 0 Å². The van der Waals surface area contributed by atoms with Gasteiger partial charge in [-0.25, -0.2) is 9.78 Å². The first-order valence-electron chi connectivity index (χ1n) is 5.74. The maximum atomic E-state index is 12.1. The largest absolute Gasteiger partial charge is 0.480 e. The maximum absolute atomic E-state index is 12.1. The van der Waals surface area contributed by atoms with Gasteiger partial charge < -0.3 is 15.3 Å². The number of hydrogen-bond donors (Lipinski definition) is 3. The molecule has 0 bridgehead atoms. The molecule has 2 rings (SSSR count). The van der Waals surface area contributed by atoms with Gasteiger partial charge in [-0.2, -0.15) is 0 Å². The number of aromatic nitrogens is 3. The summed E-state index contributed by atoms with van der Waals surface area (Å²) in [6.07, 6.45) is 0.573. The number of H-pyrrole nitrogens is 1. The van der Waals surface area contributed by atoms with Gasteiger partial charge in [0.2, 0.25) is 11.7 Å². The molecule has 9 heteroatoms. The van der Waals surface area contributed by atoms with Crippen molar-refractivity contribution < 1.29 is 19.5 Å². The molecule has 0 aromatic carbocycles. The molecule has 2 amide bonds. The Morgan fingerprint density at radius 1 is 1.53 bits per heavy atom. The molecule has 0 spiro atoms. The monoisotopic (exact) mass is 267 g/mol. The molecule has 19 heavy (non-hydrogen) atoms. The van der Waals surface area contributed by atoms with Gasteiger partial charge in [0.25, 0.3) is 5.91 Å². The molecule has 1 atom stereocenters. The summed E-state index contributed by atoms with van der Waals surface area (Å²) in [5.74, 6) is -1.86. The number of piperazine rings is 1. The van der Waals surface area contributed by atoms with Gasteiger partial charge in [-0.3, -0.25) is 14.7 Å². The summed E-state index contributed by atoms with van der Waals surface area (Å²) < 4.78 is 0. The van der Waals surface area contributed by atoms with E-state index in [2.05, 4.69) is 20.5 Å². The molecular weight excluding hydrogens is 254 g/mol. The van der Waals surface area contributed by atoms with Crippen molar-refractivity contribution in [2.24, 2.45) is 0 Å². The zero-order valence-corrected chi connectivity index (χ0v) is 10.2. The van der Waals surface area contributed by atoms with Crippen molar-refractivity contribution in [3.8, 4) is 0 Å². The number of nitrogens with zero attached hydrogens (tertiary/aromatic N) is 3. The Hall–Kier alpha value is -2.45. The predicted octanol–water partition coefficient (Wildman–Crippen LogP) is -1.61. The van der Waals surface area contributed by atoms with E-state index in [-0.39, 0.29) is 18.9 Å². The standard InChI is InChI=1S/C10H13N5O4/c1-2-6-12-8(14-13-6)9(17)15-4-7(16)11-3-5(15)10(18)19/h5H,2-4H2,1H3,(H,11,16)(H,18,19)(H,12,13,14). The third-order valence-electron chi connectivity index (χ3n) is 2.79. The number of amides is 2. The molecule has 2 heterocycles. The normalized spacial score (nSPS) is 19.1. The van der Waals surface area contributed by atoms with Gasteiger partial charge in [-0.1, -0.05) is 6.92 Å². The van der Waals surface area contributed by atoms with Crippen molar-refractivity contribution in [1.29, 1.82) is 0 Å². The van der Waals surface area contributed by atoms with Crippen molar-refractivity contribution in [3.63, 3.8) is 0 Å². The molecule has 3 N–H and O–H groups in total. The zero-order chi connectivity index (χ0) is 14.0. The third kappa shape index (κ3) is 2.54. The van der Waals surface area contributed by atoms with Gasteiger partial charge >= 0.3 is 5.97 Å². The van der Waals surface area contributed by atoms with Crippen LogP contribution >= 0.6 is 0 Å². The number of carboxylic acid groups (broad SMARTS) is 1. The fourth-order valence-electron chi connectivity index (χ4n) is 1.75. The number of carbonyl (C=O) groups excluding carboxylic acids is 2. The van der Waals surface area contributed by atoms with Crippen LogP contribution in [-0.2, 0) is 16.0 Å². The van der Waals surface area contributed by atoms with Gasteiger partial charge in [0, 0.05) is 13.0 Å². The van der Waals surface area contributed by atoms with Crippen LogP contribution in [0.25, 0.3) is 0 Å². The first-order chi connectivity index (χ1) is 9.02. The smallest absolute Gasteiger partial charge is 0.328 e. The molecule has 0 aliphatic carbocycles. The van der Waals surface area contributed by atoms with Crippen LogP contribution in [0.1, 0.15) is 23.4 Å². The second-order valence-corrected chi connectivity index (χ2v) is 4.05. The fourth-order valence-corrected chi connectivity index (χ4v) is 1.75. The highest BCUT2D eigenvalue weighted by molar-refractivity contribution is 5.97. The topological polar surface area (TPSA) is 128 Å². The van der Waals surface area contributed by atoms with E-state index in [0.29, 0.717) is 12.2 Å². The Labute approximate surface area is 108 Å². The molecule has 1 aliphatic heterocycles. The number of rotatable bonds is 3. The Kier molecular flexibility index (Phi) is 3.45. The minimum atomic E-state index is -1.18. The summed E-state index contributed by atoms with van der Waals surface area (Å²) in [6.45, 7) is 1.40. The van der Waals surface area contributed by atoms with Gasteiger partial charge in [-0.15, -0.1) is 5.10 Å². The molecule has 1 unspecified atom stereocenters. The Morgan fingerprint density at radius 3 is 2.84 bits per heavy atom. The Balaban J connectivity index is 2.23. The number of carbonyl (C=O) groups is 3. The lowest BCUT2D eigenvalue weighted by molar-refractivity contribution is -0.144. The van der Waals surface area contributed by atoms with Gasteiger partial charge in [0.1, 0.15) is 18.4 Å². The number of aryl methyl sites for hydroxylation is 1. The van der Waals surface area contributed by atoms with Crippen molar-refractivity contribution in [3.05, 3.63) is 11.6 Å². The van der Waals surface area contributed by atoms with E-state index in [4.69, 9.17) is 5.11 Å². The molecule has 0 saturated carbocycles. The lowest BCUT2D eigenvalue weighted by Gasteiger charge is -2.31. The fraction of sp³-hybridized carbons (Fsp3) is 0.500. The second kappa shape index (κ2) is 5.04. The second-order valence-electron chi connectivity index (χ2n) is 4.05. The van der Waals surface area contributed by atoms with Crippen LogP contribution in [0, 0.1) is 0 Å². The van der Waals surface area contributed by atoms with E-state index < -0.39 is 23.8 Å². The summed E-state index contributed by atoms with van der Waals surface area (Å²) in [7, 11) is 0. The first-order valence-corrected chi connectivity index (χ1v) is 5.74. The minimum absolute atomic E-state index is 0.120. The van der Waals surface area contributed by atoms with Gasteiger partial charge in [-0.05, 0) is 0 Å². The molecule has 9 nitrogen and oxygen atoms in total. The van der Waals surface area contributed by atoms with E-state index in [9.17, 15) is 14.4 Å². The maximum Gasteiger partial charge on any atom is 0.328 e. The van der Waals surface area contributed by atoms with E-state index >= 15 is 0 Å². The molecule has 1 aromatic heterocycles. The highest BCUT2D eigenvalue weighted by Gasteiger charge is 2.36. The van der Waals surface area contributed by atoms with Crippen LogP contribution in [0.4, 0.5) is 0 Å². The summed E-state index contributed by atoms with van der Waals surface area (Å²) in [6, 6.07) is -1.10. The number of carboxylic acids is 1.